The Balaban J connectivity index is 1.62. The molecular formula is C16H17N3O2S. The second-order valence-corrected chi connectivity index (χ2v) is 7.05. The van der Waals surface area contributed by atoms with Crippen LogP contribution in [0, 0.1) is 5.92 Å². The SMILES string of the molecule is Cn1c(=NC(=O)[C@@H]2CC(=O)N(C3CC3)C2)sc2ccccc21. The lowest BCUT2D eigenvalue weighted by Crippen LogP contribution is -2.28. The van der Waals surface area contributed by atoms with Crippen LogP contribution in [0.1, 0.15) is 19.3 Å². The van der Waals surface area contributed by atoms with E-state index in [4.69, 9.17) is 0 Å². The van der Waals surface area contributed by atoms with E-state index in [1.165, 1.54) is 11.3 Å². The fourth-order valence-electron chi connectivity index (χ4n) is 3.01. The van der Waals surface area contributed by atoms with Crippen molar-refractivity contribution in [3.8, 4) is 0 Å². The average Bonchev–Trinajstić information content (AvgIpc) is 3.21. The molecule has 0 radical (unpaired) electrons. The molecule has 6 heteroatoms. The van der Waals surface area contributed by atoms with Gasteiger partial charge in [-0.3, -0.25) is 9.59 Å². The molecule has 1 aliphatic carbocycles. The first-order chi connectivity index (χ1) is 10.6. The predicted octanol–water partition coefficient (Wildman–Crippen LogP) is 1.68. The van der Waals surface area contributed by atoms with E-state index in [0.29, 0.717) is 23.8 Å². The van der Waals surface area contributed by atoms with Crippen molar-refractivity contribution in [2.24, 2.45) is 18.0 Å². The zero-order valence-corrected chi connectivity index (χ0v) is 13.2. The third-order valence-electron chi connectivity index (χ3n) is 4.42. The van der Waals surface area contributed by atoms with Crippen molar-refractivity contribution >= 4 is 33.4 Å². The highest BCUT2D eigenvalue weighted by molar-refractivity contribution is 7.16. The monoisotopic (exact) mass is 315 g/mol. The molecule has 2 heterocycles. The number of aryl methyl sites for hydroxylation is 1. The zero-order valence-electron chi connectivity index (χ0n) is 12.4. The van der Waals surface area contributed by atoms with Crippen LogP contribution in [-0.4, -0.2) is 33.9 Å². The van der Waals surface area contributed by atoms with Gasteiger partial charge in [0.2, 0.25) is 5.91 Å². The van der Waals surface area contributed by atoms with Gasteiger partial charge in [0.05, 0.1) is 16.1 Å². The van der Waals surface area contributed by atoms with Crippen LogP contribution >= 0.6 is 11.3 Å². The maximum absolute atomic E-state index is 12.4. The second kappa shape index (κ2) is 5.05. The minimum absolute atomic E-state index is 0.108. The van der Waals surface area contributed by atoms with Crippen molar-refractivity contribution in [2.45, 2.75) is 25.3 Å². The molecule has 4 rings (SSSR count). The van der Waals surface area contributed by atoms with Crippen molar-refractivity contribution in [1.29, 1.82) is 0 Å². The molecule has 0 unspecified atom stereocenters. The highest BCUT2D eigenvalue weighted by Gasteiger charge is 2.41. The number of benzene rings is 1. The average molecular weight is 315 g/mol. The Labute approximate surface area is 131 Å². The lowest BCUT2D eigenvalue weighted by Gasteiger charge is -2.14. The van der Waals surface area contributed by atoms with Crippen molar-refractivity contribution < 1.29 is 9.59 Å². The summed E-state index contributed by atoms with van der Waals surface area (Å²) < 4.78 is 3.05. The smallest absolute Gasteiger partial charge is 0.253 e. The number of rotatable bonds is 2. The first-order valence-corrected chi connectivity index (χ1v) is 8.38. The minimum atomic E-state index is -0.279. The number of hydrogen-bond donors (Lipinski definition) is 0. The summed E-state index contributed by atoms with van der Waals surface area (Å²) >= 11 is 1.51. The number of thiazole rings is 1. The van der Waals surface area contributed by atoms with Gasteiger partial charge in [-0.2, -0.15) is 4.99 Å². The summed E-state index contributed by atoms with van der Waals surface area (Å²) in [6, 6.07) is 8.38. The normalized spacial score (nSPS) is 22.8. The molecule has 2 aliphatic rings. The number of likely N-dealkylation sites (tertiary alicyclic amines) is 1. The summed E-state index contributed by atoms with van der Waals surface area (Å²) in [4.78, 5) is 31.2. The summed E-state index contributed by atoms with van der Waals surface area (Å²) in [6.45, 7) is 0.542. The lowest BCUT2D eigenvalue weighted by molar-refractivity contribution is -0.128. The largest absolute Gasteiger partial charge is 0.339 e. The van der Waals surface area contributed by atoms with Crippen LogP contribution < -0.4 is 4.80 Å². The predicted molar refractivity (Wildman–Crippen MR) is 84.2 cm³/mol. The van der Waals surface area contributed by atoms with Crippen LogP contribution in [-0.2, 0) is 16.6 Å². The second-order valence-electron chi connectivity index (χ2n) is 6.04. The number of para-hydroxylation sites is 1. The molecule has 1 saturated carbocycles. The van der Waals surface area contributed by atoms with E-state index in [0.717, 1.165) is 23.1 Å². The molecule has 1 aliphatic heterocycles. The third-order valence-corrected chi connectivity index (χ3v) is 5.53. The number of fused-ring (bicyclic) bond motifs is 1. The summed E-state index contributed by atoms with van der Waals surface area (Å²) in [5, 5.41) is 0. The molecule has 1 aromatic carbocycles. The number of carbonyl (C=O) groups excluding carboxylic acids is 2. The Morgan fingerprint density at radius 2 is 2.09 bits per heavy atom. The van der Waals surface area contributed by atoms with E-state index in [1.807, 2.05) is 40.8 Å². The van der Waals surface area contributed by atoms with Gasteiger partial charge in [-0.25, -0.2) is 0 Å². The molecule has 114 valence electrons. The van der Waals surface area contributed by atoms with E-state index in [2.05, 4.69) is 4.99 Å². The quantitative estimate of drug-likeness (QED) is 0.846. The molecule has 1 atom stereocenters. The van der Waals surface area contributed by atoms with E-state index in [1.54, 1.807) is 0 Å². The summed E-state index contributed by atoms with van der Waals surface area (Å²) in [6.07, 6.45) is 2.47. The molecule has 2 aromatic rings. The Hall–Kier alpha value is -1.95. The lowest BCUT2D eigenvalue weighted by atomic mass is 10.1. The maximum Gasteiger partial charge on any atom is 0.253 e. The van der Waals surface area contributed by atoms with E-state index >= 15 is 0 Å². The summed E-state index contributed by atoms with van der Waals surface area (Å²) in [5.41, 5.74) is 1.07. The van der Waals surface area contributed by atoms with Crippen molar-refractivity contribution in [3.05, 3.63) is 29.1 Å². The molecule has 5 nitrogen and oxygen atoms in total. The first kappa shape index (κ1) is 13.7. The maximum atomic E-state index is 12.4. The molecular weight excluding hydrogens is 298 g/mol. The topological polar surface area (TPSA) is 54.7 Å². The molecule has 2 amide bonds. The molecule has 2 fully saturated rings. The molecule has 0 N–H and O–H groups in total. The van der Waals surface area contributed by atoms with Gasteiger partial charge in [-0.1, -0.05) is 23.5 Å². The van der Waals surface area contributed by atoms with Crippen LogP contribution in [0.15, 0.2) is 29.3 Å². The fraction of sp³-hybridized carbons (Fsp3) is 0.438. The minimum Gasteiger partial charge on any atom is -0.339 e. The number of aromatic nitrogens is 1. The Morgan fingerprint density at radius 1 is 1.32 bits per heavy atom. The number of amides is 2. The van der Waals surface area contributed by atoms with E-state index in [9.17, 15) is 9.59 Å². The summed E-state index contributed by atoms with van der Waals surface area (Å²) in [5.74, 6) is -0.339. The van der Waals surface area contributed by atoms with Gasteiger partial charge in [0, 0.05) is 26.1 Å². The van der Waals surface area contributed by atoms with Gasteiger partial charge in [0.25, 0.3) is 5.91 Å². The highest BCUT2D eigenvalue weighted by atomic mass is 32.1. The number of carbonyl (C=O) groups is 2. The van der Waals surface area contributed by atoms with Crippen molar-refractivity contribution in [3.63, 3.8) is 0 Å². The first-order valence-electron chi connectivity index (χ1n) is 7.56. The molecule has 22 heavy (non-hydrogen) atoms. The van der Waals surface area contributed by atoms with Gasteiger partial charge in [-0.05, 0) is 25.0 Å². The van der Waals surface area contributed by atoms with E-state index < -0.39 is 0 Å². The van der Waals surface area contributed by atoms with Crippen molar-refractivity contribution in [2.75, 3.05) is 6.54 Å². The van der Waals surface area contributed by atoms with Gasteiger partial charge >= 0.3 is 0 Å². The van der Waals surface area contributed by atoms with Gasteiger partial charge in [-0.15, -0.1) is 0 Å². The summed E-state index contributed by atoms with van der Waals surface area (Å²) in [7, 11) is 1.92. The van der Waals surface area contributed by atoms with Gasteiger partial charge < -0.3 is 9.47 Å². The van der Waals surface area contributed by atoms with Crippen LogP contribution in [0.2, 0.25) is 0 Å². The van der Waals surface area contributed by atoms with Gasteiger partial charge in [0.1, 0.15) is 0 Å². The molecule has 0 spiro atoms. The highest BCUT2D eigenvalue weighted by Crippen LogP contribution is 2.32. The molecule has 0 bridgehead atoms. The Morgan fingerprint density at radius 3 is 2.82 bits per heavy atom. The third kappa shape index (κ3) is 2.27. The van der Waals surface area contributed by atoms with Gasteiger partial charge in [0.15, 0.2) is 4.80 Å². The fourth-order valence-corrected chi connectivity index (χ4v) is 4.03. The van der Waals surface area contributed by atoms with Crippen LogP contribution in [0.5, 0.6) is 0 Å². The Kier molecular flexibility index (Phi) is 3.14. The van der Waals surface area contributed by atoms with Crippen LogP contribution in [0.4, 0.5) is 0 Å². The Bertz CT molecular complexity index is 831. The van der Waals surface area contributed by atoms with Crippen LogP contribution in [0.25, 0.3) is 10.2 Å². The standard InChI is InChI=1S/C16H17N3O2S/c1-18-12-4-2-3-5-13(12)22-16(18)17-15(21)10-8-14(20)19(9-10)11-6-7-11/h2-5,10-11H,6-9H2,1H3/t10-/m1/s1. The number of nitrogens with zero attached hydrogens (tertiary/aromatic N) is 3. The van der Waals surface area contributed by atoms with E-state index in [-0.39, 0.29) is 17.7 Å². The van der Waals surface area contributed by atoms with Crippen LogP contribution in [0.3, 0.4) is 0 Å². The molecule has 1 saturated heterocycles. The van der Waals surface area contributed by atoms with Crippen molar-refractivity contribution in [1.82, 2.24) is 9.47 Å². The molecule has 1 aromatic heterocycles. The zero-order chi connectivity index (χ0) is 15.3. The number of hydrogen-bond acceptors (Lipinski definition) is 3.